The van der Waals surface area contributed by atoms with Gasteiger partial charge in [0.2, 0.25) is 0 Å². The predicted octanol–water partition coefficient (Wildman–Crippen LogP) is 1.72. The van der Waals surface area contributed by atoms with Gasteiger partial charge in [-0.05, 0) is 32.9 Å². The van der Waals surface area contributed by atoms with E-state index in [2.05, 4.69) is 11.9 Å². The van der Waals surface area contributed by atoms with Crippen molar-refractivity contribution in [1.29, 1.82) is 0 Å². The zero-order valence-corrected chi connectivity index (χ0v) is 9.02. The first-order valence-corrected chi connectivity index (χ1v) is 5.55. The Bertz CT molecular complexity index is 147. The molecule has 0 aromatic rings. The van der Waals surface area contributed by atoms with E-state index < -0.39 is 0 Å². The Morgan fingerprint density at radius 1 is 1.07 bits per heavy atom. The van der Waals surface area contributed by atoms with Crippen LogP contribution in [0, 0.1) is 0 Å². The highest BCUT2D eigenvalue weighted by molar-refractivity contribution is 4.73. The van der Waals surface area contributed by atoms with Crippen LogP contribution in [0.1, 0.15) is 38.5 Å². The van der Waals surface area contributed by atoms with Crippen molar-refractivity contribution < 1.29 is 10.4 Å². The van der Waals surface area contributed by atoms with Gasteiger partial charge in [0.25, 0.3) is 0 Å². The second-order valence-corrected chi connectivity index (χ2v) is 4.22. The van der Waals surface area contributed by atoms with Crippen molar-refractivity contribution in [3.8, 4) is 0 Å². The Hall–Kier alpha value is -0.160. The molecule has 0 saturated heterocycles. The van der Waals surface area contributed by atoms with Crippen LogP contribution in [0.4, 0.5) is 0 Å². The highest BCUT2D eigenvalue weighted by Gasteiger charge is 2.17. The Morgan fingerprint density at radius 2 is 1.71 bits per heavy atom. The first-order valence-electron chi connectivity index (χ1n) is 5.55. The van der Waals surface area contributed by atoms with Crippen molar-refractivity contribution in [2.75, 3.05) is 20.1 Å². The van der Waals surface area contributed by atoms with Gasteiger partial charge in [0.15, 0.2) is 0 Å². The molecule has 2 N–H and O–H groups in total. The van der Waals surface area contributed by atoms with Crippen LogP contribution in [0.15, 0.2) is 0 Å². The van der Waals surface area contributed by atoms with Crippen LogP contribution in [0.25, 0.3) is 0 Å². The molecule has 0 bridgehead atoms. The largest absolute Gasteiger partial charge is 0.303 e. The molecule has 1 aliphatic rings. The molecule has 84 valence electrons. The van der Waals surface area contributed by atoms with Crippen LogP contribution in [0.5, 0.6) is 0 Å². The summed E-state index contributed by atoms with van der Waals surface area (Å²) in [5, 5.41) is 17.4. The Morgan fingerprint density at radius 3 is 2.29 bits per heavy atom. The van der Waals surface area contributed by atoms with Crippen LogP contribution in [-0.2, 0) is 0 Å². The fourth-order valence-corrected chi connectivity index (χ4v) is 2.17. The van der Waals surface area contributed by atoms with Crippen molar-refractivity contribution in [3.05, 3.63) is 0 Å². The summed E-state index contributed by atoms with van der Waals surface area (Å²) in [7, 11) is 2.13. The summed E-state index contributed by atoms with van der Waals surface area (Å²) in [6, 6.07) is 0.717. The molecule has 0 aliphatic heterocycles. The summed E-state index contributed by atoms with van der Waals surface area (Å²) >= 11 is 0. The van der Waals surface area contributed by atoms with E-state index in [0.29, 0.717) is 6.54 Å². The van der Waals surface area contributed by atoms with Crippen molar-refractivity contribution >= 4 is 0 Å². The molecule has 4 nitrogen and oxygen atoms in total. The highest BCUT2D eigenvalue weighted by atomic mass is 16.8. The molecule has 1 saturated carbocycles. The number of hydrogen-bond acceptors (Lipinski definition) is 4. The van der Waals surface area contributed by atoms with Gasteiger partial charge in [-0.3, -0.25) is 10.4 Å². The fourth-order valence-electron chi connectivity index (χ4n) is 2.17. The van der Waals surface area contributed by atoms with Gasteiger partial charge >= 0.3 is 0 Å². The third-order valence-corrected chi connectivity index (χ3v) is 3.07. The van der Waals surface area contributed by atoms with Gasteiger partial charge in [0.05, 0.1) is 6.54 Å². The lowest BCUT2D eigenvalue weighted by Gasteiger charge is -2.31. The fraction of sp³-hybridized carbons (Fsp3) is 1.00. The predicted molar refractivity (Wildman–Crippen MR) is 54.4 cm³/mol. The molecule has 0 aromatic carbocycles. The second-order valence-electron chi connectivity index (χ2n) is 4.22. The molecule has 1 aliphatic carbocycles. The molecule has 0 amide bonds. The van der Waals surface area contributed by atoms with Gasteiger partial charge in [-0.25, -0.2) is 0 Å². The lowest BCUT2D eigenvalue weighted by atomic mass is 9.94. The highest BCUT2D eigenvalue weighted by Crippen LogP contribution is 2.21. The van der Waals surface area contributed by atoms with Crippen LogP contribution in [-0.4, -0.2) is 46.7 Å². The maximum absolute atomic E-state index is 8.55. The molecule has 0 heterocycles. The number of rotatable bonds is 5. The Balaban J connectivity index is 2.10. The maximum atomic E-state index is 8.55. The molecule has 0 unspecified atom stereocenters. The molecule has 14 heavy (non-hydrogen) atoms. The zero-order valence-electron chi connectivity index (χ0n) is 9.02. The minimum Gasteiger partial charge on any atom is -0.303 e. The Labute approximate surface area is 86.0 Å². The molecular weight excluding hydrogens is 180 g/mol. The molecule has 0 aromatic heterocycles. The normalized spacial score (nSPS) is 19.5. The third kappa shape index (κ3) is 4.37. The van der Waals surface area contributed by atoms with Gasteiger partial charge in [0, 0.05) is 6.04 Å². The van der Waals surface area contributed by atoms with Gasteiger partial charge < -0.3 is 4.90 Å². The number of nitrogens with zero attached hydrogens (tertiary/aromatic N) is 2. The summed E-state index contributed by atoms with van der Waals surface area (Å²) in [6.07, 6.45) is 7.49. The van der Waals surface area contributed by atoms with E-state index in [1.54, 1.807) is 0 Å². The minimum atomic E-state index is 0.273. The number of hydroxylamine groups is 2. The first kappa shape index (κ1) is 11.9. The monoisotopic (exact) mass is 202 g/mol. The number of hydrogen-bond donors (Lipinski definition) is 2. The van der Waals surface area contributed by atoms with E-state index in [4.69, 9.17) is 10.4 Å². The van der Waals surface area contributed by atoms with E-state index in [1.807, 2.05) is 0 Å². The molecule has 1 fully saturated rings. The maximum Gasteiger partial charge on any atom is 0.0525 e. The van der Waals surface area contributed by atoms with Crippen LogP contribution < -0.4 is 0 Å². The lowest BCUT2D eigenvalue weighted by molar-refractivity contribution is -0.307. The average molecular weight is 202 g/mol. The quantitative estimate of drug-likeness (QED) is 0.666. The van der Waals surface area contributed by atoms with Crippen LogP contribution >= 0.6 is 0 Å². The lowest BCUT2D eigenvalue weighted by Crippen LogP contribution is -2.35. The van der Waals surface area contributed by atoms with E-state index >= 15 is 0 Å². The van der Waals surface area contributed by atoms with E-state index in [-0.39, 0.29) is 5.23 Å². The molecule has 0 atom stereocenters. The van der Waals surface area contributed by atoms with E-state index in [9.17, 15) is 0 Å². The average Bonchev–Trinajstić information content (AvgIpc) is 2.18. The summed E-state index contributed by atoms with van der Waals surface area (Å²) in [6.45, 7) is 1.28. The van der Waals surface area contributed by atoms with Gasteiger partial charge in [-0.2, -0.15) is 0 Å². The molecular formula is C10H22N2O2. The molecule has 1 rings (SSSR count). The first-order chi connectivity index (χ1) is 6.70. The smallest absolute Gasteiger partial charge is 0.0525 e. The van der Waals surface area contributed by atoms with E-state index in [1.165, 1.54) is 32.1 Å². The van der Waals surface area contributed by atoms with Crippen LogP contribution in [0.2, 0.25) is 0 Å². The van der Waals surface area contributed by atoms with Gasteiger partial charge in [-0.15, -0.1) is 0 Å². The van der Waals surface area contributed by atoms with Crippen LogP contribution in [0.3, 0.4) is 0 Å². The SMILES string of the molecule is CN(CCCN(O)O)C1CCCCC1. The van der Waals surface area contributed by atoms with Crippen molar-refractivity contribution in [3.63, 3.8) is 0 Å². The van der Waals surface area contributed by atoms with Gasteiger partial charge in [0.1, 0.15) is 0 Å². The summed E-state index contributed by atoms with van der Waals surface area (Å²) < 4.78 is 0. The standard InChI is InChI=1S/C10H22N2O2/c1-11(8-5-9-12(13)14)10-6-3-2-4-7-10/h10,13-14H,2-9H2,1H3. The third-order valence-electron chi connectivity index (χ3n) is 3.07. The summed E-state index contributed by atoms with van der Waals surface area (Å²) in [5.74, 6) is 0. The molecule has 0 radical (unpaired) electrons. The van der Waals surface area contributed by atoms with E-state index in [0.717, 1.165) is 19.0 Å². The second kappa shape index (κ2) is 6.35. The topological polar surface area (TPSA) is 46.9 Å². The van der Waals surface area contributed by atoms with Crippen molar-refractivity contribution in [2.45, 2.75) is 44.6 Å². The minimum absolute atomic E-state index is 0.273. The van der Waals surface area contributed by atoms with Gasteiger partial charge in [-0.1, -0.05) is 24.5 Å². The van der Waals surface area contributed by atoms with Crippen molar-refractivity contribution in [1.82, 2.24) is 10.1 Å². The zero-order chi connectivity index (χ0) is 10.4. The summed E-state index contributed by atoms with van der Waals surface area (Å²) in [5.41, 5.74) is 0. The summed E-state index contributed by atoms with van der Waals surface area (Å²) in [4.78, 5) is 2.35. The van der Waals surface area contributed by atoms with Crippen molar-refractivity contribution in [2.24, 2.45) is 0 Å². The molecule has 4 heteroatoms. The molecule has 0 spiro atoms. The Kier molecular flexibility index (Phi) is 5.40.